The van der Waals surface area contributed by atoms with E-state index in [1.807, 2.05) is 60.7 Å². The monoisotopic (exact) mass is 448 g/mol. The summed E-state index contributed by atoms with van der Waals surface area (Å²) < 4.78 is 28.0. The van der Waals surface area contributed by atoms with Crippen LogP contribution in [0.15, 0.2) is 60.7 Å². The Morgan fingerprint density at radius 1 is 0.645 bits per heavy atom. The van der Waals surface area contributed by atoms with Crippen molar-refractivity contribution < 1.29 is 22.9 Å². The Morgan fingerprint density at radius 2 is 0.968 bits per heavy atom. The summed E-state index contributed by atoms with van der Waals surface area (Å²) in [7, 11) is -3.31. The molecule has 0 unspecified atom stereocenters. The fourth-order valence-electron chi connectivity index (χ4n) is 2.42. The van der Waals surface area contributed by atoms with Gasteiger partial charge in [0.05, 0.1) is 19.8 Å². The minimum absolute atomic E-state index is 0.0752. The van der Waals surface area contributed by atoms with Gasteiger partial charge in [-0.3, -0.25) is 18.4 Å². The maximum Gasteiger partial charge on any atom is 0.474 e. The number of phosphoric ester groups is 1. The van der Waals surface area contributed by atoms with Crippen molar-refractivity contribution in [3.63, 3.8) is 0 Å². The van der Waals surface area contributed by atoms with Gasteiger partial charge in [0, 0.05) is 11.1 Å². The van der Waals surface area contributed by atoms with Crippen LogP contribution in [-0.4, -0.2) is 25.6 Å². The van der Waals surface area contributed by atoms with Gasteiger partial charge in [0.25, 0.3) is 0 Å². The molecule has 0 bridgehead atoms. The summed E-state index contributed by atoms with van der Waals surface area (Å²) in [5, 5.41) is 0. The lowest BCUT2D eigenvalue weighted by atomic mass is 10.0. The molecule has 0 N–H and O–H groups in total. The van der Waals surface area contributed by atoms with Crippen LogP contribution < -0.4 is 0 Å². The highest BCUT2D eigenvalue weighted by Crippen LogP contribution is 2.49. The molecule has 0 aliphatic carbocycles. The molecule has 0 fully saturated rings. The van der Waals surface area contributed by atoms with Gasteiger partial charge in [0.2, 0.25) is 0 Å². The minimum Gasteiger partial charge on any atom is -0.289 e. The van der Waals surface area contributed by atoms with E-state index in [2.05, 4.69) is 20.8 Å². The number of phosphoric acid groups is 1. The molecule has 6 heteroatoms. The zero-order valence-electron chi connectivity index (χ0n) is 19.1. The number of carbonyl (C=O) groups excluding carboxylic acids is 1. The highest BCUT2D eigenvalue weighted by atomic mass is 31.2. The van der Waals surface area contributed by atoms with Gasteiger partial charge in [0.15, 0.2) is 5.78 Å². The zero-order valence-corrected chi connectivity index (χ0v) is 20.0. The van der Waals surface area contributed by atoms with E-state index in [0.717, 1.165) is 49.7 Å². The number of ketones is 1. The third-order valence-electron chi connectivity index (χ3n) is 4.31. The van der Waals surface area contributed by atoms with E-state index in [9.17, 15) is 9.36 Å². The predicted molar refractivity (Wildman–Crippen MR) is 127 cm³/mol. The molecule has 0 saturated heterocycles. The summed E-state index contributed by atoms with van der Waals surface area (Å²) in [6, 6.07) is 18.6. The van der Waals surface area contributed by atoms with E-state index in [1.165, 1.54) is 0 Å². The fourth-order valence-corrected chi connectivity index (χ4v) is 3.70. The number of benzene rings is 2. The van der Waals surface area contributed by atoms with Crippen molar-refractivity contribution >= 4 is 13.6 Å². The molecule has 2 aromatic rings. The average molecular weight is 449 g/mol. The second kappa shape index (κ2) is 16.9. The van der Waals surface area contributed by atoms with Crippen LogP contribution in [0.25, 0.3) is 0 Å². The van der Waals surface area contributed by atoms with Gasteiger partial charge in [-0.25, -0.2) is 4.57 Å². The first kappa shape index (κ1) is 27.3. The second-order valence-corrected chi connectivity index (χ2v) is 8.74. The Balaban J connectivity index is 0.000000314. The summed E-state index contributed by atoms with van der Waals surface area (Å²) in [6.07, 6.45) is 5.63. The molecule has 0 saturated carbocycles. The Morgan fingerprint density at radius 3 is 1.26 bits per heavy atom. The van der Waals surface area contributed by atoms with E-state index < -0.39 is 7.82 Å². The lowest BCUT2D eigenvalue weighted by Crippen LogP contribution is -2.03. The molecule has 0 aliphatic rings. The van der Waals surface area contributed by atoms with Gasteiger partial charge >= 0.3 is 7.82 Å². The molecular formula is C25H37O5P. The van der Waals surface area contributed by atoms with Crippen molar-refractivity contribution in [2.45, 2.75) is 59.3 Å². The van der Waals surface area contributed by atoms with Gasteiger partial charge in [0.1, 0.15) is 0 Å². The van der Waals surface area contributed by atoms with Crippen LogP contribution in [0.1, 0.15) is 75.2 Å². The summed E-state index contributed by atoms with van der Waals surface area (Å²) in [5.74, 6) is 0.0752. The van der Waals surface area contributed by atoms with Crippen molar-refractivity contribution in [3.05, 3.63) is 71.8 Å². The topological polar surface area (TPSA) is 61.8 Å². The van der Waals surface area contributed by atoms with Crippen molar-refractivity contribution in [2.24, 2.45) is 0 Å². The summed E-state index contributed by atoms with van der Waals surface area (Å²) in [5.41, 5.74) is 1.47. The molecule has 2 aromatic carbocycles. The van der Waals surface area contributed by atoms with Crippen LogP contribution >= 0.6 is 7.82 Å². The van der Waals surface area contributed by atoms with Crippen molar-refractivity contribution in [1.29, 1.82) is 0 Å². The van der Waals surface area contributed by atoms with E-state index in [1.54, 1.807) is 0 Å². The SMILES string of the molecule is CCCCOP(=O)(OCCCC)OCCCC.O=C(c1ccccc1)c1ccccc1. The Labute approximate surface area is 187 Å². The Kier molecular flexibility index (Phi) is 14.8. The van der Waals surface area contributed by atoms with E-state index in [-0.39, 0.29) is 5.78 Å². The summed E-state index contributed by atoms with van der Waals surface area (Å²) in [6.45, 7) is 7.49. The molecule has 0 atom stereocenters. The van der Waals surface area contributed by atoms with Crippen LogP contribution in [0, 0.1) is 0 Å². The third-order valence-corrected chi connectivity index (χ3v) is 5.81. The van der Waals surface area contributed by atoms with Gasteiger partial charge in [-0.2, -0.15) is 0 Å². The van der Waals surface area contributed by atoms with E-state index >= 15 is 0 Å². The lowest BCUT2D eigenvalue weighted by molar-refractivity contribution is 0.103. The van der Waals surface area contributed by atoms with Crippen molar-refractivity contribution in [2.75, 3.05) is 19.8 Å². The van der Waals surface area contributed by atoms with Crippen LogP contribution in [-0.2, 0) is 18.1 Å². The first-order valence-electron chi connectivity index (χ1n) is 11.2. The maximum atomic E-state index is 12.2. The molecule has 0 spiro atoms. The van der Waals surface area contributed by atoms with E-state index in [4.69, 9.17) is 13.6 Å². The highest BCUT2D eigenvalue weighted by molar-refractivity contribution is 7.48. The summed E-state index contributed by atoms with van der Waals surface area (Å²) >= 11 is 0. The molecule has 31 heavy (non-hydrogen) atoms. The standard InChI is InChI=1S/C13H10O.C12H27O4P/c14-13(11-7-3-1-4-8-11)12-9-5-2-6-10-12;1-4-7-10-14-17(13,15-11-8-5-2)16-12-9-6-3/h1-10H;4-12H2,1-3H3. The molecular weight excluding hydrogens is 411 g/mol. The van der Waals surface area contributed by atoms with Crippen LogP contribution in [0.3, 0.4) is 0 Å². The lowest BCUT2D eigenvalue weighted by Gasteiger charge is -2.17. The van der Waals surface area contributed by atoms with Crippen LogP contribution in [0.4, 0.5) is 0 Å². The third kappa shape index (κ3) is 12.0. The first-order chi connectivity index (χ1) is 15.1. The fraction of sp³-hybridized carbons (Fsp3) is 0.480. The molecule has 0 aromatic heterocycles. The van der Waals surface area contributed by atoms with Crippen molar-refractivity contribution in [3.8, 4) is 0 Å². The Bertz CT molecular complexity index is 674. The molecule has 172 valence electrons. The minimum atomic E-state index is -3.31. The largest absolute Gasteiger partial charge is 0.474 e. The quantitative estimate of drug-likeness (QED) is 0.170. The molecule has 0 aliphatic heterocycles. The maximum absolute atomic E-state index is 12.2. The van der Waals surface area contributed by atoms with Crippen molar-refractivity contribution in [1.82, 2.24) is 0 Å². The van der Waals surface area contributed by atoms with E-state index in [0.29, 0.717) is 19.8 Å². The average Bonchev–Trinajstić information content (AvgIpc) is 2.81. The number of rotatable bonds is 14. The van der Waals surface area contributed by atoms with Gasteiger partial charge in [-0.05, 0) is 19.3 Å². The number of hydrogen-bond acceptors (Lipinski definition) is 5. The zero-order chi connectivity index (χ0) is 22.8. The molecule has 0 amide bonds. The Hall–Kier alpha value is -1.78. The molecule has 2 rings (SSSR count). The number of carbonyl (C=O) groups is 1. The molecule has 0 heterocycles. The first-order valence-corrected chi connectivity index (χ1v) is 12.7. The molecule has 5 nitrogen and oxygen atoms in total. The number of unbranched alkanes of at least 4 members (excludes halogenated alkanes) is 3. The van der Waals surface area contributed by atoms with Gasteiger partial charge in [-0.1, -0.05) is 101 Å². The second-order valence-electron chi connectivity index (χ2n) is 7.07. The van der Waals surface area contributed by atoms with Gasteiger partial charge in [-0.15, -0.1) is 0 Å². The highest BCUT2D eigenvalue weighted by Gasteiger charge is 2.25. The predicted octanol–water partition coefficient (Wildman–Crippen LogP) is 7.46. The smallest absolute Gasteiger partial charge is 0.289 e. The normalized spacial score (nSPS) is 10.9. The van der Waals surface area contributed by atoms with Gasteiger partial charge < -0.3 is 0 Å². The van der Waals surface area contributed by atoms with Crippen LogP contribution in [0.2, 0.25) is 0 Å². The molecule has 0 radical (unpaired) electrons. The summed E-state index contributed by atoms with van der Waals surface area (Å²) in [4.78, 5) is 11.8. The number of hydrogen-bond donors (Lipinski definition) is 0. The van der Waals surface area contributed by atoms with Crippen LogP contribution in [0.5, 0.6) is 0 Å².